The number of rotatable bonds is 10. The van der Waals surface area contributed by atoms with Gasteiger partial charge in [-0.25, -0.2) is 0 Å². The minimum absolute atomic E-state index is 0.209. The first-order chi connectivity index (χ1) is 9.32. The van der Waals surface area contributed by atoms with Crippen LogP contribution in [0.15, 0.2) is 11.6 Å². The molecule has 0 unspecified atom stereocenters. The lowest BCUT2D eigenvalue weighted by Gasteiger charge is -2.23. The zero-order valence-electron chi connectivity index (χ0n) is 14.4. The minimum Gasteiger partial charge on any atom is -0.343 e. The SMILES string of the molecule is CC(=O)N(CCCN(C)C)CC[C@H](C)CCC=C(C)C. The lowest BCUT2D eigenvalue weighted by atomic mass is 10.0. The van der Waals surface area contributed by atoms with E-state index in [1.807, 2.05) is 4.90 Å². The second-order valence-electron chi connectivity index (χ2n) is 6.42. The van der Waals surface area contributed by atoms with Crippen LogP contribution in [-0.2, 0) is 4.79 Å². The Hall–Kier alpha value is -0.830. The Morgan fingerprint density at radius 1 is 1.05 bits per heavy atom. The van der Waals surface area contributed by atoms with E-state index in [2.05, 4.69) is 45.8 Å². The van der Waals surface area contributed by atoms with Gasteiger partial charge in [0.2, 0.25) is 5.91 Å². The van der Waals surface area contributed by atoms with Crippen LogP contribution in [0.5, 0.6) is 0 Å². The van der Waals surface area contributed by atoms with Gasteiger partial charge in [0.05, 0.1) is 0 Å². The summed E-state index contributed by atoms with van der Waals surface area (Å²) in [5, 5.41) is 0. The number of nitrogens with zero attached hydrogens (tertiary/aromatic N) is 2. The summed E-state index contributed by atoms with van der Waals surface area (Å²) >= 11 is 0. The van der Waals surface area contributed by atoms with Crippen molar-refractivity contribution in [1.82, 2.24) is 9.80 Å². The molecule has 1 atom stereocenters. The van der Waals surface area contributed by atoms with Gasteiger partial charge >= 0.3 is 0 Å². The van der Waals surface area contributed by atoms with Gasteiger partial charge < -0.3 is 9.80 Å². The summed E-state index contributed by atoms with van der Waals surface area (Å²) in [6, 6.07) is 0. The van der Waals surface area contributed by atoms with Crippen molar-refractivity contribution >= 4 is 5.91 Å². The lowest BCUT2D eigenvalue weighted by Crippen LogP contribution is -2.33. The zero-order valence-corrected chi connectivity index (χ0v) is 14.4. The molecular weight excluding hydrogens is 248 g/mol. The highest BCUT2D eigenvalue weighted by Gasteiger charge is 2.10. The van der Waals surface area contributed by atoms with E-state index in [1.165, 1.54) is 12.0 Å². The summed E-state index contributed by atoms with van der Waals surface area (Å²) in [6.07, 6.45) is 6.84. The van der Waals surface area contributed by atoms with Crippen molar-refractivity contribution in [3.63, 3.8) is 0 Å². The van der Waals surface area contributed by atoms with Gasteiger partial charge in [-0.3, -0.25) is 4.79 Å². The maximum absolute atomic E-state index is 11.6. The molecule has 20 heavy (non-hydrogen) atoms. The molecule has 0 spiro atoms. The predicted molar refractivity (Wildman–Crippen MR) is 87.9 cm³/mol. The van der Waals surface area contributed by atoms with E-state index in [0.717, 1.165) is 38.9 Å². The Kier molecular flexibility index (Phi) is 10.4. The number of allylic oxidation sites excluding steroid dienone is 2. The second-order valence-corrected chi connectivity index (χ2v) is 6.42. The van der Waals surface area contributed by atoms with Gasteiger partial charge in [-0.1, -0.05) is 18.6 Å². The quantitative estimate of drug-likeness (QED) is 0.572. The van der Waals surface area contributed by atoms with Crippen LogP contribution in [0.1, 0.15) is 53.4 Å². The van der Waals surface area contributed by atoms with Gasteiger partial charge in [0.25, 0.3) is 0 Å². The normalized spacial score (nSPS) is 12.3. The third-order valence-electron chi connectivity index (χ3n) is 3.58. The van der Waals surface area contributed by atoms with Crippen LogP contribution in [0.2, 0.25) is 0 Å². The molecule has 0 aliphatic rings. The van der Waals surface area contributed by atoms with Crippen molar-refractivity contribution in [2.24, 2.45) is 5.92 Å². The molecule has 3 heteroatoms. The highest BCUT2D eigenvalue weighted by molar-refractivity contribution is 5.73. The number of carbonyl (C=O) groups excluding carboxylic acids is 1. The van der Waals surface area contributed by atoms with Crippen molar-refractivity contribution in [2.45, 2.75) is 53.4 Å². The first-order valence-corrected chi connectivity index (χ1v) is 7.86. The molecule has 0 rings (SSSR count). The summed E-state index contributed by atoms with van der Waals surface area (Å²) in [6.45, 7) is 11.1. The molecule has 0 fully saturated rings. The maximum Gasteiger partial charge on any atom is 0.219 e. The van der Waals surface area contributed by atoms with Crippen molar-refractivity contribution in [2.75, 3.05) is 33.7 Å². The fraction of sp³-hybridized carbons (Fsp3) is 0.824. The highest BCUT2D eigenvalue weighted by Crippen LogP contribution is 2.13. The molecule has 0 aliphatic heterocycles. The van der Waals surface area contributed by atoms with E-state index in [1.54, 1.807) is 6.92 Å². The molecule has 0 aliphatic carbocycles. The zero-order chi connectivity index (χ0) is 15.5. The summed E-state index contributed by atoms with van der Waals surface area (Å²) in [5.74, 6) is 0.890. The molecule has 118 valence electrons. The molecule has 0 N–H and O–H groups in total. The van der Waals surface area contributed by atoms with Crippen LogP contribution >= 0.6 is 0 Å². The molecule has 1 amide bonds. The first kappa shape index (κ1) is 19.2. The van der Waals surface area contributed by atoms with E-state index in [4.69, 9.17) is 0 Å². The average molecular weight is 282 g/mol. The van der Waals surface area contributed by atoms with Crippen LogP contribution in [0.25, 0.3) is 0 Å². The second kappa shape index (κ2) is 10.9. The van der Waals surface area contributed by atoms with Crippen LogP contribution in [0.4, 0.5) is 0 Å². The summed E-state index contributed by atoms with van der Waals surface area (Å²) in [4.78, 5) is 15.8. The van der Waals surface area contributed by atoms with Gasteiger partial charge in [-0.2, -0.15) is 0 Å². The molecular formula is C17H34N2O. The van der Waals surface area contributed by atoms with Crippen molar-refractivity contribution in [3.8, 4) is 0 Å². The largest absolute Gasteiger partial charge is 0.343 e. The number of carbonyl (C=O) groups is 1. The number of hydrogen-bond donors (Lipinski definition) is 0. The summed E-state index contributed by atoms with van der Waals surface area (Å²) in [5.41, 5.74) is 1.39. The smallest absolute Gasteiger partial charge is 0.219 e. The third-order valence-corrected chi connectivity index (χ3v) is 3.58. The Morgan fingerprint density at radius 3 is 2.20 bits per heavy atom. The maximum atomic E-state index is 11.6. The Labute approximate surface area is 126 Å². The van der Waals surface area contributed by atoms with Gasteiger partial charge in [0.1, 0.15) is 0 Å². The van der Waals surface area contributed by atoms with Crippen molar-refractivity contribution in [3.05, 3.63) is 11.6 Å². The predicted octanol–water partition coefficient (Wildman–Crippen LogP) is 3.56. The van der Waals surface area contributed by atoms with Gasteiger partial charge in [0, 0.05) is 20.0 Å². The Bertz CT molecular complexity index is 293. The topological polar surface area (TPSA) is 23.6 Å². The van der Waals surface area contributed by atoms with Crippen molar-refractivity contribution < 1.29 is 4.79 Å². The van der Waals surface area contributed by atoms with Crippen LogP contribution in [-0.4, -0.2) is 49.4 Å². The van der Waals surface area contributed by atoms with Gasteiger partial charge in [-0.05, 0) is 66.1 Å². The molecule has 3 nitrogen and oxygen atoms in total. The summed E-state index contributed by atoms with van der Waals surface area (Å²) in [7, 11) is 4.15. The first-order valence-electron chi connectivity index (χ1n) is 7.86. The number of hydrogen-bond acceptors (Lipinski definition) is 2. The average Bonchev–Trinajstić information content (AvgIpc) is 2.32. The Balaban J connectivity index is 3.95. The van der Waals surface area contributed by atoms with E-state index < -0.39 is 0 Å². The third kappa shape index (κ3) is 11.0. The van der Waals surface area contributed by atoms with E-state index >= 15 is 0 Å². The summed E-state index contributed by atoms with van der Waals surface area (Å²) < 4.78 is 0. The van der Waals surface area contributed by atoms with E-state index in [0.29, 0.717) is 5.92 Å². The molecule has 0 heterocycles. The Morgan fingerprint density at radius 2 is 1.70 bits per heavy atom. The van der Waals surface area contributed by atoms with Gasteiger partial charge in [-0.15, -0.1) is 0 Å². The monoisotopic (exact) mass is 282 g/mol. The molecule has 0 aromatic rings. The molecule has 0 aromatic heterocycles. The lowest BCUT2D eigenvalue weighted by molar-refractivity contribution is -0.129. The highest BCUT2D eigenvalue weighted by atomic mass is 16.2. The molecule has 0 saturated heterocycles. The fourth-order valence-corrected chi connectivity index (χ4v) is 2.18. The van der Waals surface area contributed by atoms with Crippen LogP contribution < -0.4 is 0 Å². The standard InChI is InChI=1S/C17H34N2O/c1-15(2)9-7-10-16(3)11-14-19(17(4)20)13-8-12-18(5)6/h9,16H,7-8,10-14H2,1-6H3/t16-/m1/s1. The van der Waals surface area contributed by atoms with Crippen LogP contribution in [0, 0.1) is 5.92 Å². The molecule has 0 aromatic carbocycles. The molecule has 0 bridgehead atoms. The van der Waals surface area contributed by atoms with Gasteiger partial charge in [0.15, 0.2) is 0 Å². The molecule has 0 saturated carbocycles. The van der Waals surface area contributed by atoms with Crippen molar-refractivity contribution in [1.29, 1.82) is 0 Å². The van der Waals surface area contributed by atoms with E-state index in [9.17, 15) is 4.79 Å². The number of amides is 1. The van der Waals surface area contributed by atoms with Crippen LogP contribution in [0.3, 0.4) is 0 Å². The van der Waals surface area contributed by atoms with E-state index in [-0.39, 0.29) is 5.91 Å². The molecule has 0 radical (unpaired) electrons. The fourth-order valence-electron chi connectivity index (χ4n) is 2.18. The minimum atomic E-state index is 0.209.